The van der Waals surface area contributed by atoms with E-state index in [1.54, 1.807) is 0 Å². The highest BCUT2D eigenvalue weighted by atomic mass is 32.2. The van der Waals surface area contributed by atoms with E-state index in [9.17, 15) is 0 Å². The molecule has 0 unspecified atom stereocenters. The predicted molar refractivity (Wildman–Crippen MR) is 55.2 cm³/mol. The van der Waals surface area contributed by atoms with E-state index >= 15 is 0 Å². The molecule has 0 aliphatic heterocycles. The van der Waals surface area contributed by atoms with E-state index < -0.39 is 0 Å². The monoisotopic (exact) mass is 193 g/mol. The van der Waals surface area contributed by atoms with Crippen molar-refractivity contribution in [2.24, 2.45) is 0 Å². The molecule has 2 rings (SSSR count). The summed E-state index contributed by atoms with van der Waals surface area (Å²) in [6.45, 7) is 2.13. The minimum Gasteiger partial charge on any atom is -0.431 e. The number of aryl methyl sites for hydroxylation is 1. The Kier molecular flexibility index (Phi) is 2.27. The number of nitrogens with zero attached hydrogens (tertiary/aromatic N) is 1. The van der Waals surface area contributed by atoms with Crippen molar-refractivity contribution in [3.63, 3.8) is 0 Å². The van der Waals surface area contributed by atoms with Gasteiger partial charge in [0.2, 0.25) is 0 Å². The van der Waals surface area contributed by atoms with Crippen LogP contribution in [0.1, 0.15) is 12.5 Å². The van der Waals surface area contributed by atoms with Crippen molar-refractivity contribution in [3.8, 4) is 0 Å². The Labute approximate surface area is 81.3 Å². The third-order valence-corrected chi connectivity index (χ3v) is 2.56. The van der Waals surface area contributed by atoms with E-state index in [1.165, 1.54) is 17.3 Å². The number of hydrogen-bond donors (Lipinski definition) is 0. The topological polar surface area (TPSA) is 26.0 Å². The quantitative estimate of drug-likeness (QED) is 0.685. The first-order chi connectivity index (χ1) is 6.35. The largest absolute Gasteiger partial charge is 0.431 e. The van der Waals surface area contributed by atoms with Crippen LogP contribution in [0.15, 0.2) is 27.8 Å². The summed E-state index contributed by atoms with van der Waals surface area (Å²) < 4.78 is 5.51. The van der Waals surface area contributed by atoms with Crippen LogP contribution >= 0.6 is 11.8 Å². The van der Waals surface area contributed by atoms with E-state index in [1.807, 2.05) is 18.4 Å². The summed E-state index contributed by atoms with van der Waals surface area (Å²) >= 11 is 1.54. The Morgan fingerprint density at radius 1 is 1.46 bits per heavy atom. The average molecular weight is 193 g/mol. The van der Waals surface area contributed by atoms with Gasteiger partial charge in [0.15, 0.2) is 5.58 Å². The molecule has 0 bridgehead atoms. The number of aromatic nitrogens is 1. The molecule has 13 heavy (non-hydrogen) atoms. The van der Waals surface area contributed by atoms with E-state index in [-0.39, 0.29) is 0 Å². The van der Waals surface area contributed by atoms with Crippen molar-refractivity contribution in [2.45, 2.75) is 18.6 Å². The van der Waals surface area contributed by atoms with Crippen LogP contribution in [0.5, 0.6) is 0 Å². The van der Waals surface area contributed by atoms with E-state index in [0.717, 1.165) is 22.7 Å². The zero-order chi connectivity index (χ0) is 9.26. The lowest BCUT2D eigenvalue weighted by atomic mass is 10.1. The molecule has 0 saturated heterocycles. The molecule has 0 saturated carbocycles. The lowest BCUT2D eigenvalue weighted by Crippen LogP contribution is -1.81. The molecule has 0 aliphatic rings. The first kappa shape index (κ1) is 8.63. The third-order valence-electron chi connectivity index (χ3n) is 2.04. The van der Waals surface area contributed by atoms with Gasteiger partial charge in [0.05, 0.1) is 0 Å². The fraction of sp³-hybridized carbons (Fsp3) is 0.300. The number of thioether (sulfide) groups is 1. The van der Waals surface area contributed by atoms with Gasteiger partial charge in [-0.15, -0.1) is 0 Å². The standard InChI is InChI=1S/C10H11NOS/c1-3-7-5-4-6-8-9(7)11-10(12-8)13-2/h4-6H,3H2,1-2H3. The van der Waals surface area contributed by atoms with Crippen LogP contribution in [0.4, 0.5) is 0 Å². The Balaban J connectivity index is 2.67. The SMILES string of the molecule is CCc1cccc2oc(SC)nc12. The molecule has 2 aromatic rings. The Morgan fingerprint density at radius 3 is 3.00 bits per heavy atom. The second-order valence-corrected chi connectivity index (χ2v) is 3.56. The number of hydrogen-bond acceptors (Lipinski definition) is 3. The van der Waals surface area contributed by atoms with E-state index in [0.29, 0.717) is 0 Å². The second kappa shape index (κ2) is 3.42. The van der Waals surface area contributed by atoms with Gasteiger partial charge >= 0.3 is 0 Å². The summed E-state index contributed by atoms with van der Waals surface area (Å²) in [6, 6.07) is 6.06. The van der Waals surface area contributed by atoms with Gasteiger partial charge in [0, 0.05) is 0 Å². The van der Waals surface area contributed by atoms with Crippen molar-refractivity contribution in [3.05, 3.63) is 23.8 Å². The highest BCUT2D eigenvalue weighted by Crippen LogP contribution is 2.24. The molecule has 0 aliphatic carbocycles. The van der Waals surface area contributed by atoms with Crippen molar-refractivity contribution in [2.75, 3.05) is 6.26 Å². The fourth-order valence-electron chi connectivity index (χ4n) is 1.36. The van der Waals surface area contributed by atoms with Gasteiger partial charge in [-0.25, -0.2) is 4.98 Å². The number of rotatable bonds is 2. The average Bonchev–Trinajstić information content (AvgIpc) is 2.59. The summed E-state index contributed by atoms with van der Waals surface area (Å²) in [5.41, 5.74) is 3.15. The molecule has 0 N–H and O–H groups in total. The predicted octanol–water partition coefficient (Wildman–Crippen LogP) is 3.11. The summed E-state index contributed by atoms with van der Waals surface area (Å²) in [5, 5.41) is 0.746. The molecule has 0 spiro atoms. The van der Waals surface area contributed by atoms with Gasteiger partial charge in [-0.1, -0.05) is 30.8 Å². The maximum atomic E-state index is 5.51. The molecule has 2 nitrogen and oxygen atoms in total. The highest BCUT2D eigenvalue weighted by molar-refractivity contribution is 7.98. The summed E-state index contributed by atoms with van der Waals surface area (Å²) in [4.78, 5) is 4.40. The molecule has 3 heteroatoms. The Hall–Kier alpha value is -0.960. The lowest BCUT2D eigenvalue weighted by molar-refractivity contribution is 0.490. The summed E-state index contributed by atoms with van der Waals surface area (Å²) in [6.07, 6.45) is 2.97. The van der Waals surface area contributed by atoms with Crippen LogP contribution in [0, 0.1) is 0 Å². The minimum absolute atomic E-state index is 0.746. The number of oxazole rings is 1. The van der Waals surface area contributed by atoms with Crippen LogP contribution in [0.25, 0.3) is 11.1 Å². The number of benzene rings is 1. The normalized spacial score (nSPS) is 10.9. The van der Waals surface area contributed by atoms with Crippen LogP contribution < -0.4 is 0 Å². The Bertz CT molecular complexity index is 422. The summed E-state index contributed by atoms with van der Waals surface area (Å²) in [7, 11) is 0. The first-order valence-corrected chi connectivity index (χ1v) is 5.50. The van der Waals surface area contributed by atoms with Gasteiger partial charge in [0.1, 0.15) is 5.52 Å². The van der Waals surface area contributed by atoms with Gasteiger partial charge in [0.25, 0.3) is 5.22 Å². The summed E-state index contributed by atoms with van der Waals surface area (Å²) in [5.74, 6) is 0. The molecular formula is C10H11NOS. The molecule has 1 heterocycles. The minimum atomic E-state index is 0.746. The van der Waals surface area contributed by atoms with Crippen molar-refractivity contribution in [1.82, 2.24) is 4.98 Å². The van der Waals surface area contributed by atoms with Crippen molar-refractivity contribution < 1.29 is 4.42 Å². The van der Waals surface area contributed by atoms with Crippen molar-refractivity contribution >= 4 is 22.9 Å². The first-order valence-electron chi connectivity index (χ1n) is 4.27. The fourth-order valence-corrected chi connectivity index (χ4v) is 1.71. The van der Waals surface area contributed by atoms with Crippen LogP contribution in [0.2, 0.25) is 0 Å². The zero-order valence-electron chi connectivity index (χ0n) is 7.70. The van der Waals surface area contributed by atoms with Gasteiger partial charge in [-0.3, -0.25) is 0 Å². The zero-order valence-corrected chi connectivity index (χ0v) is 8.52. The molecule has 1 aromatic heterocycles. The van der Waals surface area contributed by atoms with Crippen LogP contribution in [-0.4, -0.2) is 11.2 Å². The molecule has 0 fully saturated rings. The molecule has 1 aromatic carbocycles. The van der Waals surface area contributed by atoms with Gasteiger partial charge < -0.3 is 4.42 Å². The maximum absolute atomic E-state index is 5.51. The molecule has 68 valence electrons. The third kappa shape index (κ3) is 1.44. The molecular weight excluding hydrogens is 182 g/mol. The van der Waals surface area contributed by atoms with Gasteiger partial charge in [-0.2, -0.15) is 0 Å². The van der Waals surface area contributed by atoms with Crippen LogP contribution in [0.3, 0.4) is 0 Å². The molecule has 0 atom stereocenters. The second-order valence-electron chi connectivity index (χ2n) is 2.80. The van der Waals surface area contributed by atoms with Crippen LogP contribution in [-0.2, 0) is 6.42 Å². The number of para-hydroxylation sites is 1. The number of fused-ring (bicyclic) bond motifs is 1. The van der Waals surface area contributed by atoms with Crippen molar-refractivity contribution in [1.29, 1.82) is 0 Å². The lowest BCUT2D eigenvalue weighted by Gasteiger charge is -1.93. The highest BCUT2D eigenvalue weighted by Gasteiger charge is 2.06. The smallest absolute Gasteiger partial charge is 0.256 e. The molecule has 0 radical (unpaired) electrons. The molecule has 0 amide bonds. The Morgan fingerprint density at radius 2 is 2.31 bits per heavy atom. The maximum Gasteiger partial charge on any atom is 0.256 e. The van der Waals surface area contributed by atoms with E-state index in [4.69, 9.17) is 4.42 Å². The van der Waals surface area contributed by atoms with E-state index in [2.05, 4.69) is 18.0 Å². The van der Waals surface area contributed by atoms with Gasteiger partial charge in [-0.05, 0) is 24.3 Å².